The topological polar surface area (TPSA) is 78.4 Å². The highest BCUT2D eigenvalue weighted by Crippen LogP contribution is 2.16. The Morgan fingerprint density at radius 1 is 1.11 bits per heavy atom. The van der Waals surface area contributed by atoms with E-state index in [0.717, 1.165) is 32.7 Å². The van der Waals surface area contributed by atoms with Crippen LogP contribution in [0.25, 0.3) is 0 Å². The average Bonchev–Trinajstić information content (AvgIpc) is 2.68. The van der Waals surface area contributed by atoms with Crippen molar-refractivity contribution in [1.82, 2.24) is 14.9 Å². The zero-order chi connectivity index (χ0) is 19.4. The second kappa shape index (κ2) is 8.26. The molecule has 0 saturated carbocycles. The van der Waals surface area contributed by atoms with E-state index in [1.165, 1.54) is 6.92 Å². The van der Waals surface area contributed by atoms with Gasteiger partial charge in [-0.1, -0.05) is 6.92 Å². The van der Waals surface area contributed by atoms with E-state index in [0.29, 0.717) is 28.5 Å². The molecule has 1 aliphatic rings. The quantitative estimate of drug-likeness (QED) is 0.818. The number of carbonyl (C=O) groups is 2. The number of aryl methyl sites for hydroxylation is 1. The number of carbonyl (C=O) groups excluding carboxylic acids is 2. The molecule has 1 aromatic carbocycles. The average molecular weight is 367 g/mol. The van der Waals surface area contributed by atoms with Crippen molar-refractivity contribution in [2.45, 2.75) is 20.8 Å². The highest BCUT2D eigenvalue weighted by molar-refractivity contribution is 6.05. The van der Waals surface area contributed by atoms with Crippen LogP contribution in [-0.4, -0.2) is 59.3 Å². The molecule has 0 aliphatic carbocycles. The molecule has 1 N–H and O–H groups in total. The van der Waals surface area contributed by atoms with E-state index in [1.807, 2.05) is 6.92 Å². The lowest BCUT2D eigenvalue weighted by atomic mass is 10.1. The van der Waals surface area contributed by atoms with Gasteiger partial charge in [-0.2, -0.15) is 0 Å². The fraction of sp³-hybridized carbons (Fsp3) is 0.400. The van der Waals surface area contributed by atoms with E-state index in [4.69, 9.17) is 0 Å². The number of anilines is 2. The zero-order valence-electron chi connectivity index (χ0n) is 16.0. The standard InChI is InChI=1S/C20H25N5O2/c1-4-24-9-11-25(12-10-24)20-21-13-18(14(2)22-20)19(27)23-17-7-5-16(6-8-17)15(3)26/h5-8,13H,4,9-12H2,1-3H3,(H,23,27). The van der Waals surface area contributed by atoms with Gasteiger partial charge in [0.25, 0.3) is 5.91 Å². The summed E-state index contributed by atoms with van der Waals surface area (Å²) < 4.78 is 0. The summed E-state index contributed by atoms with van der Waals surface area (Å²) in [4.78, 5) is 37.4. The van der Waals surface area contributed by atoms with Gasteiger partial charge in [0.15, 0.2) is 5.78 Å². The molecule has 0 radical (unpaired) electrons. The minimum atomic E-state index is -0.259. The number of likely N-dealkylation sites (N-methyl/N-ethyl adjacent to an activating group) is 1. The highest BCUT2D eigenvalue weighted by atomic mass is 16.1. The third kappa shape index (κ3) is 4.49. The number of hydrogen-bond donors (Lipinski definition) is 1. The molecule has 0 atom stereocenters. The van der Waals surface area contributed by atoms with Gasteiger partial charge in [0.2, 0.25) is 5.95 Å². The van der Waals surface area contributed by atoms with Crippen LogP contribution in [0.3, 0.4) is 0 Å². The largest absolute Gasteiger partial charge is 0.338 e. The minimum Gasteiger partial charge on any atom is -0.338 e. The fourth-order valence-corrected chi connectivity index (χ4v) is 3.08. The maximum absolute atomic E-state index is 12.5. The summed E-state index contributed by atoms with van der Waals surface area (Å²) in [6.07, 6.45) is 1.59. The number of nitrogens with one attached hydrogen (secondary N) is 1. The lowest BCUT2D eigenvalue weighted by molar-refractivity contribution is 0.101. The highest BCUT2D eigenvalue weighted by Gasteiger charge is 2.19. The van der Waals surface area contributed by atoms with Crippen molar-refractivity contribution < 1.29 is 9.59 Å². The maximum atomic E-state index is 12.5. The van der Waals surface area contributed by atoms with Crippen molar-refractivity contribution >= 4 is 23.3 Å². The normalized spacial score (nSPS) is 14.9. The molecule has 0 spiro atoms. The monoisotopic (exact) mass is 367 g/mol. The Bertz CT molecular complexity index is 827. The molecule has 3 rings (SSSR count). The van der Waals surface area contributed by atoms with Crippen LogP contribution in [0.2, 0.25) is 0 Å². The Morgan fingerprint density at radius 2 is 1.78 bits per heavy atom. The van der Waals surface area contributed by atoms with Gasteiger partial charge >= 0.3 is 0 Å². The number of benzene rings is 1. The predicted molar refractivity (Wildman–Crippen MR) is 105 cm³/mol. The van der Waals surface area contributed by atoms with E-state index in [9.17, 15) is 9.59 Å². The maximum Gasteiger partial charge on any atom is 0.259 e. The van der Waals surface area contributed by atoms with Gasteiger partial charge in [0.1, 0.15) is 0 Å². The van der Waals surface area contributed by atoms with Crippen LogP contribution in [0.1, 0.15) is 40.3 Å². The fourth-order valence-electron chi connectivity index (χ4n) is 3.08. The first-order valence-corrected chi connectivity index (χ1v) is 9.21. The van der Waals surface area contributed by atoms with E-state index in [-0.39, 0.29) is 11.7 Å². The minimum absolute atomic E-state index is 0.00696. The molecule has 0 bridgehead atoms. The number of ketones is 1. The number of rotatable bonds is 5. The first-order chi connectivity index (χ1) is 13.0. The van der Waals surface area contributed by atoms with Crippen LogP contribution in [0.15, 0.2) is 30.5 Å². The first-order valence-electron chi connectivity index (χ1n) is 9.21. The Morgan fingerprint density at radius 3 is 2.33 bits per heavy atom. The Balaban J connectivity index is 1.68. The summed E-state index contributed by atoms with van der Waals surface area (Å²) in [5.74, 6) is 0.406. The van der Waals surface area contributed by atoms with Crippen molar-refractivity contribution in [3.8, 4) is 0 Å². The van der Waals surface area contributed by atoms with Crippen LogP contribution in [0.5, 0.6) is 0 Å². The number of aromatic nitrogens is 2. The molecule has 142 valence electrons. The zero-order valence-corrected chi connectivity index (χ0v) is 16.0. The Labute approximate surface area is 159 Å². The Hall–Kier alpha value is -2.80. The summed E-state index contributed by atoms with van der Waals surface area (Å²) in [7, 11) is 0. The summed E-state index contributed by atoms with van der Waals surface area (Å²) in [6.45, 7) is 10.3. The molecule has 7 nitrogen and oxygen atoms in total. The van der Waals surface area contributed by atoms with E-state index in [1.54, 1.807) is 30.5 Å². The number of piperazine rings is 1. The van der Waals surface area contributed by atoms with Crippen molar-refractivity contribution in [1.29, 1.82) is 0 Å². The van der Waals surface area contributed by atoms with Crippen LogP contribution in [0.4, 0.5) is 11.6 Å². The third-order valence-corrected chi connectivity index (χ3v) is 4.86. The Kier molecular flexibility index (Phi) is 5.81. The summed E-state index contributed by atoms with van der Waals surface area (Å²) in [6, 6.07) is 6.82. The summed E-state index contributed by atoms with van der Waals surface area (Å²) in [5.41, 5.74) is 2.33. The second-order valence-corrected chi connectivity index (χ2v) is 6.68. The molecule has 2 heterocycles. The van der Waals surface area contributed by atoms with Gasteiger partial charge in [0.05, 0.1) is 11.3 Å². The number of nitrogens with zero attached hydrogens (tertiary/aromatic N) is 4. The van der Waals surface area contributed by atoms with Gasteiger partial charge in [-0.3, -0.25) is 9.59 Å². The van der Waals surface area contributed by atoms with E-state index >= 15 is 0 Å². The van der Waals surface area contributed by atoms with E-state index in [2.05, 4.69) is 32.0 Å². The van der Waals surface area contributed by atoms with Gasteiger partial charge in [-0.15, -0.1) is 0 Å². The molecular formula is C20H25N5O2. The molecular weight excluding hydrogens is 342 g/mol. The third-order valence-electron chi connectivity index (χ3n) is 4.86. The van der Waals surface area contributed by atoms with Gasteiger partial charge in [0, 0.05) is 43.6 Å². The van der Waals surface area contributed by atoms with Crippen molar-refractivity contribution in [2.75, 3.05) is 42.9 Å². The van der Waals surface area contributed by atoms with Crippen LogP contribution >= 0.6 is 0 Å². The number of Topliss-reactive ketones (excluding diaryl/α,β-unsaturated/α-hetero) is 1. The predicted octanol–water partition coefficient (Wildman–Crippen LogP) is 2.38. The van der Waals surface area contributed by atoms with Crippen LogP contribution in [-0.2, 0) is 0 Å². The molecule has 1 aromatic heterocycles. The molecule has 27 heavy (non-hydrogen) atoms. The van der Waals surface area contributed by atoms with Crippen molar-refractivity contribution in [3.63, 3.8) is 0 Å². The molecule has 2 aromatic rings. The lowest BCUT2D eigenvalue weighted by Gasteiger charge is -2.34. The first kappa shape index (κ1) is 19.0. The SMILES string of the molecule is CCN1CCN(c2ncc(C(=O)Nc3ccc(C(C)=O)cc3)c(C)n2)CC1. The van der Waals surface area contributed by atoms with Crippen molar-refractivity contribution in [2.24, 2.45) is 0 Å². The summed E-state index contributed by atoms with van der Waals surface area (Å²) >= 11 is 0. The van der Waals surface area contributed by atoms with Gasteiger partial charge < -0.3 is 15.1 Å². The molecule has 1 amide bonds. The van der Waals surface area contributed by atoms with Crippen molar-refractivity contribution in [3.05, 3.63) is 47.3 Å². The van der Waals surface area contributed by atoms with Crippen LogP contribution < -0.4 is 10.2 Å². The summed E-state index contributed by atoms with van der Waals surface area (Å²) in [5, 5.41) is 2.83. The number of hydrogen-bond acceptors (Lipinski definition) is 6. The lowest BCUT2D eigenvalue weighted by Crippen LogP contribution is -2.46. The molecule has 7 heteroatoms. The molecule has 1 fully saturated rings. The van der Waals surface area contributed by atoms with Gasteiger partial charge in [-0.25, -0.2) is 9.97 Å². The number of amides is 1. The van der Waals surface area contributed by atoms with Crippen LogP contribution in [0, 0.1) is 6.92 Å². The molecule has 0 unspecified atom stereocenters. The second-order valence-electron chi connectivity index (χ2n) is 6.68. The van der Waals surface area contributed by atoms with E-state index < -0.39 is 0 Å². The smallest absolute Gasteiger partial charge is 0.259 e. The van der Waals surface area contributed by atoms with Gasteiger partial charge in [-0.05, 0) is 44.7 Å². The molecule has 1 aliphatic heterocycles. The molecule has 1 saturated heterocycles.